The van der Waals surface area contributed by atoms with Crippen molar-refractivity contribution in [1.29, 1.82) is 5.26 Å². The monoisotopic (exact) mass is 260 g/mol. The first-order valence-corrected chi connectivity index (χ1v) is 6.39. The second-order valence-electron chi connectivity index (χ2n) is 4.45. The molecule has 0 amide bonds. The molecule has 0 radical (unpaired) electrons. The zero-order valence-corrected chi connectivity index (χ0v) is 11.8. The summed E-state index contributed by atoms with van der Waals surface area (Å²) in [6, 6.07) is 7.84. The Morgan fingerprint density at radius 2 is 2.21 bits per heavy atom. The normalized spacial score (nSPS) is 10.3. The van der Waals surface area contributed by atoms with Crippen LogP contribution in [0.25, 0.3) is 0 Å². The largest absolute Gasteiger partial charge is 0.469 e. The highest BCUT2D eigenvalue weighted by Gasteiger charge is 2.09. The quantitative estimate of drug-likeness (QED) is 0.736. The van der Waals surface area contributed by atoms with E-state index in [0.29, 0.717) is 18.5 Å². The number of carbonyl (C=O) groups is 1. The van der Waals surface area contributed by atoms with Crippen molar-refractivity contribution >= 4 is 5.97 Å². The molecule has 102 valence electrons. The third kappa shape index (κ3) is 4.72. The third-order valence-corrected chi connectivity index (χ3v) is 3.17. The van der Waals surface area contributed by atoms with E-state index in [4.69, 9.17) is 5.26 Å². The lowest BCUT2D eigenvalue weighted by Gasteiger charge is -2.21. The molecule has 0 saturated heterocycles. The van der Waals surface area contributed by atoms with E-state index in [0.717, 1.165) is 18.7 Å². The highest BCUT2D eigenvalue weighted by molar-refractivity contribution is 5.69. The molecule has 0 saturated carbocycles. The Morgan fingerprint density at radius 3 is 2.74 bits per heavy atom. The molecule has 0 atom stereocenters. The summed E-state index contributed by atoms with van der Waals surface area (Å²) in [5.74, 6) is -0.185. The van der Waals surface area contributed by atoms with Gasteiger partial charge in [0.1, 0.15) is 0 Å². The molecule has 0 aliphatic carbocycles. The van der Waals surface area contributed by atoms with Gasteiger partial charge >= 0.3 is 5.97 Å². The zero-order chi connectivity index (χ0) is 14.3. The van der Waals surface area contributed by atoms with Gasteiger partial charge in [-0.2, -0.15) is 5.26 Å². The van der Waals surface area contributed by atoms with Gasteiger partial charge in [0, 0.05) is 13.1 Å². The minimum Gasteiger partial charge on any atom is -0.469 e. The summed E-state index contributed by atoms with van der Waals surface area (Å²) in [6.07, 6.45) is 0.402. The Labute approximate surface area is 114 Å². The molecule has 1 aromatic carbocycles. The first-order valence-electron chi connectivity index (χ1n) is 6.39. The molecule has 1 rings (SSSR count). The van der Waals surface area contributed by atoms with Crippen molar-refractivity contribution < 1.29 is 9.53 Å². The van der Waals surface area contributed by atoms with Gasteiger partial charge in [-0.05, 0) is 36.7 Å². The van der Waals surface area contributed by atoms with Crippen LogP contribution in [0.5, 0.6) is 0 Å². The SMILES string of the molecule is CCN(CCC(=O)OC)Cc1ccc(C#N)cc1C. The molecular formula is C15H20N2O2. The van der Waals surface area contributed by atoms with Crippen LogP contribution in [0.4, 0.5) is 0 Å². The molecule has 0 aliphatic rings. The Bertz CT molecular complexity index is 478. The number of hydrogen-bond donors (Lipinski definition) is 0. The van der Waals surface area contributed by atoms with Gasteiger partial charge in [0.2, 0.25) is 0 Å². The number of hydrogen-bond acceptors (Lipinski definition) is 4. The summed E-state index contributed by atoms with van der Waals surface area (Å²) in [5.41, 5.74) is 2.97. The van der Waals surface area contributed by atoms with Gasteiger partial charge in [0.15, 0.2) is 0 Å². The van der Waals surface area contributed by atoms with Gasteiger partial charge in [-0.3, -0.25) is 9.69 Å². The van der Waals surface area contributed by atoms with Gasteiger partial charge in [0.25, 0.3) is 0 Å². The smallest absolute Gasteiger partial charge is 0.306 e. The lowest BCUT2D eigenvalue weighted by atomic mass is 10.1. The summed E-state index contributed by atoms with van der Waals surface area (Å²) in [4.78, 5) is 13.3. The van der Waals surface area contributed by atoms with Crippen LogP contribution in [-0.4, -0.2) is 31.1 Å². The first kappa shape index (κ1) is 15.2. The van der Waals surface area contributed by atoms with E-state index in [-0.39, 0.29) is 5.97 Å². The second kappa shape index (κ2) is 7.55. The lowest BCUT2D eigenvalue weighted by molar-refractivity contribution is -0.141. The summed E-state index contributed by atoms with van der Waals surface area (Å²) in [7, 11) is 1.41. The van der Waals surface area contributed by atoms with Gasteiger partial charge in [0.05, 0.1) is 25.2 Å². The van der Waals surface area contributed by atoms with Gasteiger partial charge < -0.3 is 4.74 Å². The standard InChI is InChI=1S/C15H20N2O2/c1-4-17(8-7-15(18)19-3)11-14-6-5-13(10-16)9-12(14)2/h5-6,9H,4,7-8,11H2,1-3H3. The maximum atomic E-state index is 11.2. The highest BCUT2D eigenvalue weighted by Crippen LogP contribution is 2.13. The van der Waals surface area contributed by atoms with Crippen molar-refractivity contribution in [2.75, 3.05) is 20.2 Å². The van der Waals surface area contributed by atoms with Crippen LogP contribution < -0.4 is 0 Å². The van der Waals surface area contributed by atoms with Crippen LogP contribution in [-0.2, 0) is 16.1 Å². The fourth-order valence-corrected chi connectivity index (χ4v) is 1.88. The zero-order valence-electron chi connectivity index (χ0n) is 11.8. The number of nitrogens with zero attached hydrogens (tertiary/aromatic N) is 2. The molecule has 0 aromatic heterocycles. The van der Waals surface area contributed by atoms with Crippen molar-refractivity contribution in [2.24, 2.45) is 0 Å². The summed E-state index contributed by atoms with van der Waals surface area (Å²) >= 11 is 0. The molecule has 0 aliphatic heterocycles. The maximum absolute atomic E-state index is 11.2. The van der Waals surface area contributed by atoms with Crippen LogP contribution in [0, 0.1) is 18.3 Å². The average molecular weight is 260 g/mol. The highest BCUT2D eigenvalue weighted by atomic mass is 16.5. The number of carbonyl (C=O) groups excluding carboxylic acids is 1. The van der Waals surface area contributed by atoms with Gasteiger partial charge in [-0.25, -0.2) is 0 Å². The number of methoxy groups -OCH3 is 1. The summed E-state index contributed by atoms with van der Waals surface area (Å²) in [5, 5.41) is 8.84. The van der Waals surface area contributed by atoms with E-state index in [1.54, 1.807) is 0 Å². The molecule has 0 heterocycles. The minimum absolute atomic E-state index is 0.185. The van der Waals surface area contributed by atoms with Crippen molar-refractivity contribution in [3.63, 3.8) is 0 Å². The molecule has 0 unspecified atom stereocenters. The fourth-order valence-electron chi connectivity index (χ4n) is 1.88. The van der Waals surface area contributed by atoms with Crippen LogP contribution in [0.2, 0.25) is 0 Å². The fraction of sp³-hybridized carbons (Fsp3) is 0.467. The number of aryl methyl sites for hydroxylation is 1. The van der Waals surface area contributed by atoms with Crippen LogP contribution in [0.1, 0.15) is 30.0 Å². The molecule has 0 fully saturated rings. The number of rotatable bonds is 6. The predicted octanol–water partition coefficient (Wildman–Crippen LogP) is 2.25. The maximum Gasteiger partial charge on any atom is 0.306 e. The van der Waals surface area contributed by atoms with Crippen LogP contribution >= 0.6 is 0 Å². The molecule has 4 heteroatoms. The molecule has 1 aromatic rings. The van der Waals surface area contributed by atoms with E-state index in [1.807, 2.05) is 25.1 Å². The van der Waals surface area contributed by atoms with Crippen molar-refractivity contribution in [3.8, 4) is 6.07 Å². The topological polar surface area (TPSA) is 53.3 Å². The molecule has 0 bridgehead atoms. The van der Waals surface area contributed by atoms with Crippen molar-refractivity contribution in [3.05, 3.63) is 34.9 Å². The van der Waals surface area contributed by atoms with Gasteiger partial charge in [-0.15, -0.1) is 0 Å². The molecule has 4 nitrogen and oxygen atoms in total. The van der Waals surface area contributed by atoms with Crippen LogP contribution in [0.15, 0.2) is 18.2 Å². The Kier molecular flexibility index (Phi) is 6.04. The van der Waals surface area contributed by atoms with E-state index >= 15 is 0 Å². The van der Waals surface area contributed by atoms with E-state index in [2.05, 4.69) is 22.6 Å². The van der Waals surface area contributed by atoms with Crippen molar-refractivity contribution in [1.82, 2.24) is 4.90 Å². The van der Waals surface area contributed by atoms with E-state index in [1.165, 1.54) is 12.7 Å². The molecule has 0 spiro atoms. The first-order chi connectivity index (χ1) is 9.10. The predicted molar refractivity (Wildman–Crippen MR) is 73.5 cm³/mol. The Morgan fingerprint density at radius 1 is 1.47 bits per heavy atom. The Balaban J connectivity index is 2.65. The number of ether oxygens (including phenoxy) is 1. The summed E-state index contributed by atoms with van der Waals surface area (Å²) in [6.45, 7) is 6.41. The molecular weight excluding hydrogens is 240 g/mol. The average Bonchev–Trinajstić information content (AvgIpc) is 2.44. The van der Waals surface area contributed by atoms with E-state index in [9.17, 15) is 4.79 Å². The molecule has 0 N–H and O–H groups in total. The molecule has 19 heavy (non-hydrogen) atoms. The number of esters is 1. The van der Waals surface area contributed by atoms with E-state index < -0.39 is 0 Å². The van der Waals surface area contributed by atoms with Gasteiger partial charge in [-0.1, -0.05) is 13.0 Å². The third-order valence-electron chi connectivity index (χ3n) is 3.17. The Hall–Kier alpha value is -1.86. The van der Waals surface area contributed by atoms with Crippen molar-refractivity contribution in [2.45, 2.75) is 26.8 Å². The number of nitriles is 1. The lowest BCUT2D eigenvalue weighted by Crippen LogP contribution is -2.26. The van der Waals surface area contributed by atoms with Crippen LogP contribution in [0.3, 0.4) is 0 Å². The number of benzene rings is 1. The minimum atomic E-state index is -0.185. The second-order valence-corrected chi connectivity index (χ2v) is 4.45. The summed E-state index contributed by atoms with van der Waals surface area (Å²) < 4.78 is 4.65.